The summed E-state index contributed by atoms with van der Waals surface area (Å²) in [5.74, 6) is 2.14. The predicted octanol–water partition coefficient (Wildman–Crippen LogP) is 4.72. The van der Waals surface area contributed by atoms with Gasteiger partial charge in [-0.05, 0) is 115 Å². The first-order valence-electron chi connectivity index (χ1n) is 13.3. The van der Waals surface area contributed by atoms with Gasteiger partial charge in [-0.2, -0.15) is 0 Å². The third-order valence-corrected chi connectivity index (χ3v) is 10.2. The van der Waals surface area contributed by atoms with E-state index >= 15 is 0 Å². The summed E-state index contributed by atoms with van der Waals surface area (Å²) in [6, 6.07) is 0.997. The monoisotopic (exact) mass is 452 g/mol. The van der Waals surface area contributed by atoms with Gasteiger partial charge >= 0.3 is 7.12 Å². The maximum Gasteiger partial charge on any atom is 0.490 e. The largest absolute Gasteiger partial charge is 0.490 e. The Kier molecular flexibility index (Phi) is 4.88. The van der Waals surface area contributed by atoms with Crippen LogP contribution in [0.4, 0.5) is 0 Å². The van der Waals surface area contributed by atoms with Gasteiger partial charge in [-0.3, -0.25) is 9.69 Å². The van der Waals surface area contributed by atoms with E-state index in [1.807, 2.05) is 0 Å². The fourth-order valence-corrected chi connectivity index (χ4v) is 7.28. The van der Waals surface area contributed by atoms with E-state index in [4.69, 9.17) is 9.31 Å². The summed E-state index contributed by atoms with van der Waals surface area (Å²) in [7, 11) is -0.317. The number of hydrogen-bond acceptors (Lipinski definition) is 4. The number of carbonyl (C=O) groups excluding carboxylic acids is 1. The van der Waals surface area contributed by atoms with Crippen LogP contribution in [0.15, 0.2) is 22.8 Å². The first-order valence-corrected chi connectivity index (χ1v) is 13.3. The summed E-state index contributed by atoms with van der Waals surface area (Å²) in [5.41, 5.74) is 2.57. The third kappa shape index (κ3) is 3.34. The van der Waals surface area contributed by atoms with E-state index in [2.05, 4.69) is 57.4 Å². The van der Waals surface area contributed by atoms with Gasteiger partial charge in [-0.25, -0.2) is 0 Å². The Labute approximate surface area is 200 Å². The van der Waals surface area contributed by atoms with Gasteiger partial charge in [-0.1, -0.05) is 0 Å². The molecule has 3 heterocycles. The van der Waals surface area contributed by atoms with Crippen molar-refractivity contribution in [1.82, 2.24) is 9.80 Å². The van der Waals surface area contributed by atoms with Gasteiger partial charge in [0.05, 0.1) is 16.6 Å². The molecular weight excluding hydrogens is 411 g/mol. The van der Waals surface area contributed by atoms with E-state index in [9.17, 15) is 4.79 Å². The van der Waals surface area contributed by atoms with Crippen molar-refractivity contribution in [1.29, 1.82) is 0 Å². The molecule has 6 heteroatoms. The summed E-state index contributed by atoms with van der Waals surface area (Å²) in [6.07, 6.45) is 10.6. The second kappa shape index (κ2) is 7.21. The maximum absolute atomic E-state index is 13.6. The second-order valence-corrected chi connectivity index (χ2v) is 13.2. The van der Waals surface area contributed by atoms with Crippen LogP contribution < -0.4 is 0 Å². The van der Waals surface area contributed by atoms with E-state index in [-0.39, 0.29) is 18.3 Å². The highest BCUT2D eigenvalue weighted by atomic mass is 16.7. The van der Waals surface area contributed by atoms with Crippen molar-refractivity contribution >= 4 is 13.0 Å². The molecule has 0 aromatic rings. The lowest BCUT2D eigenvalue weighted by atomic mass is 9.70. The van der Waals surface area contributed by atoms with Gasteiger partial charge < -0.3 is 14.2 Å². The Morgan fingerprint density at radius 3 is 2.09 bits per heavy atom. The highest BCUT2D eigenvalue weighted by molar-refractivity contribution is 6.54. The lowest BCUT2D eigenvalue weighted by Gasteiger charge is -2.49. The van der Waals surface area contributed by atoms with Crippen LogP contribution >= 0.6 is 0 Å². The molecule has 0 aromatic carbocycles. The van der Waals surface area contributed by atoms with Crippen LogP contribution in [0.1, 0.15) is 86.5 Å². The fraction of sp³-hybridized carbons (Fsp3) is 0.815. The number of amides is 1. The van der Waals surface area contributed by atoms with Gasteiger partial charge in [0.25, 0.3) is 0 Å². The van der Waals surface area contributed by atoms with E-state index in [0.717, 1.165) is 43.2 Å². The molecule has 0 unspecified atom stereocenters. The smallest absolute Gasteiger partial charge is 0.400 e. The van der Waals surface area contributed by atoms with Crippen molar-refractivity contribution in [3.05, 3.63) is 22.8 Å². The Morgan fingerprint density at radius 2 is 1.48 bits per heavy atom. The van der Waals surface area contributed by atoms with Crippen LogP contribution in [0.2, 0.25) is 0 Å². The molecule has 4 fully saturated rings. The first kappa shape index (κ1) is 22.4. The van der Waals surface area contributed by atoms with Crippen molar-refractivity contribution in [2.75, 3.05) is 13.1 Å². The van der Waals surface area contributed by atoms with Crippen LogP contribution in [0, 0.1) is 17.3 Å². The highest BCUT2D eigenvalue weighted by Crippen LogP contribution is 2.51. The number of rotatable bonds is 3. The topological polar surface area (TPSA) is 42.0 Å². The molecule has 0 spiro atoms. The molecule has 6 rings (SSSR count). The molecular formula is C27H41BN2O3. The Hall–Kier alpha value is -1.11. The minimum Gasteiger partial charge on any atom is -0.400 e. The molecule has 3 aliphatic heterocycles. The van der Waals surface area contributed by atoms with Crippen LogP contribution in [-0.4, -0.2) is 59.2 Å². The minimum absolute atomic E-state index is 0.293. The van der Waals surface area contributed by atoms with Gasteiger partial charge in [0.15, 0.2) is 0 Å². The molecule has 0 N–H and O–H groups in total. The van der Waals surface area contributed by atoms with E-state index in [1.165, 1.54) is 43.4 Å². The van der Waals surface area contributed by atoms with Crippen LogP contribution in [-0.2, 0) is 14.1 Å². The highest BCUT2D eigenvalue weighted by Gasteiger charge is 2.55. The summed E-state index contributed by atoms with van der Waals surface area (Å²) in [5, 5.41) is 0. The zero-order valence-electron chi connectivity index (χ0n) is 21.4. The van der Waals surface area contributed by atoms with Crippen LogP contribution in [0.5, 0.6) is 0 Å². The molecule has 6 aliphatic rings. The standard InChI is InChI=1S/C27H41BN2O3/c1-25(2)22-10-9-19(28-32-26(3,4)27(5,6)33-28)12-23(22)30(24(25)31)21-13-20(14-21)29-15-17-7-8-18(11-17)16-29/h12,17-18,20-21H,7-11,13-16H2,1-6H3/t17-,18-,20?,21?/m0/s1. The van der Waals surface area contributed by atoms with Crippen molar-refractivity contribution < 1.29 is 14.1 Å². The van der Waals surface area contributed by atoms with Gasteiger partial charge in [0.1, 0.15) is 0 Å². The molecule has 2 atom stereocenters. The Balaban J connectivity index is 1.21. The molecule has 0 aromatic heterocycles. The number of likely N-dealkylation sites (tertiary alicyclic amines) is 1. The number of nitrogens with zero attached hydrogens (tertiary/aromatic N) is 2. The summed E-state index contributed by atoms with van der Waals surface area (Å²) in [6.45, 7) is 15.2. The molecule has 5 nitrogen and oxygen atoms in total. The molecule has 2 bridgehead atoms. The van der Waals surface area contributed by atoms with Crippen molar-refractivity contribution in [2.45, 2.75) is 110 Å². The van der Waals surface area contributed by atoms with Gasteiger partial charge in [0, 0.05) is 30.9 Å². The molecule has 0 radical (unpaired) electrons. The van der Waals surface area contributed by atoms with E-state index in [1.54, 1.807) is 0 Å². The summed E-state index contributed by atoms with van der Waals surface area (Å²) >= 11 is 0. The van der Waals surface area contributed by atoms with Crippen molar-refractivity contribution in [3.63, 3.8) is 0 Å². The van der Waals surface area contributed by atoms with Gasteiger partial charge in [-0.15, -0.1) is 0 Å². The number of allylic oxidation sites excluding steroid dienone is 2. The van der Waals surface area contributed by atoms with E-state index < -0.39 is 5.41 Å². The van der Waals surface area contributed by atoms with E-state index in [0.29, 0.717) is 18.0 Å². The molecule has 33 heavy (non-hydrogen) atoms. The summed E-state index contributed by atoms with van der Waals surface area (Å²) < 4.78 is 12.7. The lowest BCUT2D eigenvalue weighted by molar-refractivity contribution is -0.138. The normalized spacial score (nSPS) is 39.1. The van der Waals surface area contributed by atoms with Crippen molar-refractivity contribution in [3.8, 4) is 0 Å². The molecule has 2 saturated carbocycles. The average Bonchev–Trinajstić information content (AvgIpc) is 3.23. The zero-order valence-corrected chi connectivity index (χ0v) is 21.4. The van der Waals surface area contributed by atoms with Gasteiger partial charge in [0.2, 0.25) is 5.91 Å². The number of piperidine rings is 1. The zero-order chi connectivity index (χ0) is 23.3. The molecule has 3 aliphatic carbocycles. The van der Waals surface area contributed by atoms with Crippen molar-refractivity contribution in [2.24, 2.45) is 17.3 Å². The average molecular weight is 452 g/mol. The van der Waals surface area contributed by atoms with Crippen LogP contribution in [0.25, 0.3) is 0 Å². The SMILES string of the molecule is CC1(C)C(=O)N(C2CC(N3C[C@H]4CC[C@@H](C4)C3)C2)C2=C1CCC(B1OC(C)(C)C(C)(C)O1)=C2. The van der Waals surface area contributed by atoms with Crippen LogP contribution in [0.3, 0.4) is 0 Å². The lowest BCUT2D eigenvalue weighted by Crippen LogP contribution is -2.57. The maximum atomic E-state index is 13.6. The Morgan fingerprint density at radius 1 is 0.879 bits per heavy atom. The number of fused-ring (bicyclic) bond motifs is 2. The summed E-state index contributed by atoms with van der Waals surface area (Å²) in [4.78, 5) is 18.6. The molecule has 1 amide bonds. The predicted molar refractivity (Wildman–Crippen MR) is 130 cm³/mol. The first-order chi connectivity index (χ1) is 15.5. The Bertz CT molecular complexity index is 902. The molecule has 180 valence electrons. The molecule has 2 saturated heterocycles. The number of carbonyl (C=O) groups is 1. The number of hydrogen-bond donors (Lipinski definition) is 0. The minimum atomic E-state index is -0.400. The fourth-order valence-electron chi connectivity index (χ4n) is 7.28. The third-order valence-electron chi connectivity index (χ3n) is 10.2. The second-order valence-electron chi connectivity index (χ2n) is 13.2. The quantitative estimate of drug-likeness (QED) is 0.581.